The zero-order valence-corrected chi connectivity index (χ0v) is 15.8. The van der Waals surface area contributed by atoms with E-state index in [9.17, 15) is 4.79 Å². The molecule has 0 bridgehead atoms. The second kappa shape index (κ2) is 6.15. The third kappa shape index (κ3) is 3.35. The highest BCUT2D eigenvalue weighted by Crippen LogP contribution is 2.44. The Morgan fingerprint density at radius 2 is 1.65 bits per heavy atom. The molecule has 26 heavy (non-hydrogen) atoms. The number of rotatable bonds is 2. The van der Waals surface area contributed by atoms with Crippen LogP contribution in [-0.4, -0.2) is 48.2 Å². The lowest BCUT2D eigenvalue weighted by molar-refractivity contribution is -0.229. The van der Waals surface area contributed by atoms with E-state index in [-0.39, 0.29) is 5.91 Å². The Kier molecular flexibility index (Phi) is 4.30. The van der Waals surface area contributed by atoms with Crippen LogP contribution in [-0.2, 0) is 28.5 Å². The van der Waals surface area contributed by atoms with Crippen molar-refractivity contribution < 1.29 is 28.5 Å². The summed E-state index contributed by atoms with van der Waals surface area (Å²) in [6.07, 6.45) is -3.16. The topological polar surface area (TPSA) is 75.3 Å². The maximum Gasteiger partial charge on any atom is 0.256 e. The third-order valence-electron chi connectivity index (χ3n) is 4.51. The lowest BCUT2D eigenvalue weighted by Crippen LogP contribution is -2.58. The number of hydrogen-bond donors (Lipinski definition) is 1. The number of carbonyl (C=O) groups is 1. The molecule has 0 saturated carbocycles. The molecule has 3 aliphatic rings. The zero-order valence-electron chi connectivity index (χ0n) is 15.0. The van der Waals surface area contributed by atoms with E-state index < -0.39 is 42.3 Å². The molecule has 8 heteroatoms. The molecule has 4 rings (SSSR count). The van der Waals surface area contributed by atoms with E-state index in [2.05, 4.69) is 5.32 Å². The number of halogens is 1. The quantitative estimate of drug-likeness (QED) is 0.846. The van der Waals surface area contributed by atoms with Gasteiger partial charge in [0, 0.05) is 10.7 Å². The van der Waals surface area contributed by atoms with E-state index in [1.807, 2.05) is 0 Å². The van der Waals surface area contributed by atoms with Gasteiger partial charge in [0.05, 0.1) is 0 Å². The minimum absolute atomic E-state index is 0.352. The number of benzene rings is 1. The molecular formula is C18H22ClNO6. The van der Waals surface area contributed by atoms with Gasteiger partial charge < -0.3 is 29.0 Å². The van der Waals surface area contributed by atoms with E-state index in [1.165, 1.54) is 0 Å². The summed E-state index contributed by atoms with van der Waals surface area (Å²) >= 11 is 5.98. The molecule has 3 aliphatic heterocycles. The van der Waals surface area contributed by atoms with Crippen LogP contribution in [0.5, 0.6) is 0 Å². The van der Waals surface area contributed by atoms with Crippen molar-refractivity contribution >= 4 is 23.2 Å². The maximum absolute atomic E-state index is 12.9. The van der Waals surface area contributed by atoms with Crippen LogP contribution in [0.25, 0.3) is 0 Å². The summed E-state index contributed by atoms with van der Waals surface area (Å²) in [5.41, 5.74) is 0.576. The molecule has 0 aliphatic carbocycles. The van der Waals surface area contributed by atoms with E-state index in [4.69, 9.17) is 35.3 Å². The molecular weight excluding hydrogens is 362 g/mol. The van der Waals surface area contributed by atoms with Crippen molar-refractivity contribution in [3.8, 4) is 0 Å². The summed E-state index contributed by atoms with van der Waals surface area (Å²) in [5.74, 6) is -2.03. The fraction of sp³-hybridized carbons (Fsp3) is 0.611. The number of amides is 1. The minimum Gasteiger partial charge on any atom is -0.342 e. The number of anilines is 1. The van der Waals surface area contributed by atoms with Gasteiger partial charge in [0.25, 0.3) is 5.91 Å². The van der Waals surface area contributed by atoms with Crippen LogP contribution in [0.4, 0.5) is 5.69 Å². The van der Waals surface area contributed by atoms with Crippen molar-refractivity contribution in [3.63, 3.8) is 0 Å². The van der Waals surface area contributed by atoms with Crippen molar-refractivity contribution in [2.75, 3.05) is 5.32 Å². The fourth-order valence-electron chi connectivity index (χ4n) is 3.60. The number of nitrogens with one attached hydrogen (secondary N) is 1. The van der Waals surface area contributed by atoms with Crippen LogP contribution in [0, 0.1) is 0 Å². The molecule has 142 valence electrons. The predicted molar refractivity (Wildman–Crippen MR) is 92.6 cm³/mol. The lowest BCUT2D eigenvalue weighted by atomic mass is 9.98. The highest BCUT2D eigenvalue weighted by atomic mass is 35.5. The molecule has 0 aromatic heterocycles. The first-order chi connectivity index (χ1) is 12.1. The normalized spacial score (nSPS) is 37.0. The Morgan fingerprint density at radius 1 is 1.00 bits per heavy atom. The van der Waals surface area contributed by atoms with Gasteiger partial charge in [0.1, 0.15) is 18.3 Å². The van der Waals surface area contributed by atoms with Gasteiger partial charge in [-0.3, -0.25) is 4.79 Å². The smallest absolute Gasteiger partial charge is 0.256 e. The summed E-state index contributed by atoms with van der Waals surface area (Å²) in [4.78, 5) is 12.9. The number of carbonyl (C=O) groups excluding carboxylic acids is 1. The molecule has 3 heterocycles. The van der Waals surface area contributed by atoms with Gasteiger partial charge in [-0.05, 0) is 45.9 Å². The summed E-state index contributed by atoms with van der Waals surface area (Å²) < 4.78 is 29.6. The van der Waals surface area contributed by atoms with E-state index in [0.717, 1.165) is 0 Å². The standard InChI is InChI=1S/C18H22ClNO6/c1-17(2)23-11-12(24-17)14-16(26-18(3,4)25-14)22-13(11)15(21)20-10-7-5-6-9(19)8-10/h5-8,11-14,16H,1-4H3,(H,20,21). The second-order valence-electron chi connectivity index (χ2n) is 7.59. The van der Waals surface area contributed by atoms with Gasteiger partial charge in [0.15, 0.2) is 24.0 Å². The van der Waals surface area contributed by atoms with Crippen LogP contribution >= 0.6 is 11.6 Å². The van der Waals surface area contributed by atoms with Crippen molar-refractivity contribution in [2.45, 2.75) is 70.0 Å². The van der Waals surface area contributed by atoms with Gasteiger partial charge in [-0.25, -0.2) is 0 Å². The van der Waals surface area contributed by atoms with E-state index in [0.29, 0.717) is 10.7 Å². The summed E-state index contributed by atoms with van der Waals surface area (Å²) in [7, 11) is 0. The molecule has 5 atom stereocenters. The molecule has 3 fully saturated rings. The van der Waals surface area contributed by atoms with E-state index >= 15 is 0 Å². The van der Waals surface area contributed by atoms with Gasteiger partial charge in [-0.1, -0.05) is 17.7 Å². The third-order valence-corrected chi connectivity index (χ3v) is 4.74. The molecule has 7 nitrogen and oxygen atoms in total. The highest BCUT2D eigenvalue weighted by Gasteiger charge is 2.62. The second-order valence-corrected chi connectivity index (χ2v) is 8.03. The molecule has 1 N–H and O–H groups in total. The number of ether oxygens (including phenoxy) is 5. The van der Waals surface area contributed by atoms with Crippen LogP contribution in [0.1, 0.15) is 27.7 Å². The van der Waals surface area contributed by atoms with Crippen LogP contribution in [0.15, 0.2) is 24.3 Å². The van der Waals surface area contributed by atoms with Crippen molar-refractivity contribution in [2.24, 2.45) is 0 Å². The molecule has 0 radical (unpaired) electrons. The van der Waals surface area contributed by atoms with Crippen LogP contribution < -0.4 is 5.32 Å². The first-order valence-corrected chi connectivity index (χ1v) is 8.95. The highest BCUT2D eigenvalue weighted by molar-refractivity contribution is 6.30. The lowest BCUT2D eigenvalue weighted by Gasteiger charge is -2.36. The van der Waals surface area contributed by atoms with Crippen molar-refractivity contribution in [1.29, 1.82) is 0 Å². The monoisotopic (exact) mass is 383 g/mol. The predicted octanol–water partition coefficient (Wildman–Crippen LogP) is 2.68. The van der Waals surface area contributed by atoms with Crippen LogP contribution in [0.3, 0.4) is 0 Å². The molecule has 3 saturated heterocycles. The average molecular weight is 384 g/mol. The van der Waals surface area contributed by atoms with Crippen molar-refractivity contribution in [3.05, 3.63) is 29.3 Å². The number of hydrogen-bond acceptors (Lipinski definition) is 6. The van der Waals surface area contributed by atoms with Crippen molar-refractivity contribution in [1.82, 2.24) is 0 Å². The summed E-state index contributed by atoms with van der Waals surface area (Å²) in [6.45, 7) is 7.19. The molecule has 0 spiro atoms. The fourth-order valence-corrected chi connectivity index (χ4v) is 3.79. The largest absolute Gasteiger partial charge is 0.342 e. The average Bonchev–Trinajstić information content (AvgIpc) is 3.00. The first kappa shape index (κ1) is 18.2. The molecule has 1 amide bonds. The SMILES string of the molecule is CC1(C)OC2OC(C(=O)Nc3cccc(Cl)c3)C3OC(C)(C)OC3C2O1. The Morgan fingerprint density at radius 3 is 2.38 bits per heavy atom. The zero-order chi connectivity index (χ0) is 18.7. The Balaban J connectivity index is 1.58. The molecule has 5 unspecified atom stereocenters. The van der Waals surface area contributed by atoms with E-state index in [1.54, 1.807) is 52.0 Å². The molecule has 1 aromatic carbocycles. The minimum atomic E-state index is -0.903. The van der Waals surface area contributed by atoms with Gasteiger partial charge in [0.2, 0.25) is 0 Å². The first-order valence-electron chi connectivity index (χ1n) is 8.57. The Bertz CT molecular complexity index is 723. The van der Waals surface area contributed by atoms with Gasteiger partial charge in [-0.15, -0.1) is 0 Å². The molecule has 1 aromatic rings. The van der Waals surface area contributed by atoms with Gasteiger partial charge >= 0.3 is 0 Å². The summed E-state index contributed by atoms with van der Waals surface area (Å²) in [5, 5.41) is 3.34. The number of fused-ring (bicyclic) bond motifs is 3. The Hall–Kier alpha value is -1.22. The Labute approximate surface area is 156 Å². The van der Waals surface area contributed by atoms with Gasteiger partial charge in [-0.2, -0.15) is 0 Å². The maximum atomic E-state index is 12.9. The van der Waals surface area contributed by atoms with Crippen LogP contribution in [0.2, 0.25) is 5.02 Å². The summed E-state index contributed by atoms with van der Waals surface area (Å²) in [6, 6.07) is 6.91.